The Balaban J connectivity index is -0.000000321. The summed E-state index contributed by atoms with van der Waals surface area (Å²) in [6, 6.07) is 0. The predicted octanol–water partition coefficient (Wildman–Crippen LogP) is -1.35. The Hall–Kier alpha value is -2.00. The summed E-state index contributed by atoms with van der Waals surface area (Å²) in [4.78, 5) is 49.0. The highest BCUT2D eigenvalue weighted by Crippen LogP contribution is 2.01. The lowest BCUT2D eigenvalue weighted by molar-refractivity contribution is -0.185. The average molecular weight is 287 g/mol. The highest BCUT2D eigenvalue weighted by molar-refractivity contribution is 6.64. The number of carbonyl (C=O) groups excluding carboxylic acids is 4. The van der Waals surface area contributed by atoms with E-state index in [2.05, 4.69) is 9.47 Å². The van der Waals surface area contributed by atoms with Crippen molar-refractivity contribution in [3.05, 3.63) is 0 Å². The van der Waals surface area contributed by atoms with Crippen LogP contribution < -0.4 is 0 Å². The van der Waals surface area contributed by atoms with E-state index in [0.717, 1.165) is 13.8 Å². The Labute approximate surface area is 106 Å². The van der Waals surface area contributed by atoms with Gasteiger partial charge in [0.05, 0.1) is 0 Å². The quantitative estimate of drug-likeness (QED) is 0.218. The fraction of sp³-hybridized carbons (Fsp3) is 0.375. The first-order valence-corrected chi connectivity index (χ1v) is 4.30. The van der Waals surface area contributed by atoms with Gasteiger partial charge in [-0.15, -0.1) is 0 Å². The minimum absolute atomic E-state index is 0. The summed E-state index contributed by atoms with van der Waals surface area (Å²) in [5, 5.41) is 6.30. The Morgan fingerprint density at radius 2 is 1.39 bits per heavy atom. The van der Waals surface area contributed by atoms with E-state index in [1.165, 1.54) is 0 Å². The molecule has 0 amide bonds. The van der Waals surface area contributed by atoms with E-state index in [-0.39, 0.29) is 11.8 Å². The Morgan fingerprint density at radius 3 is 1.50 bits per heavy atom. The third kappa shape index (κ3) is 16.4. The van der Waals surface area contributed by atoms with Crippen LogP contribution in [0.3, 0.4) is 0 Å². The fourth-order valence-electron chi connectivity index (χ4n) is 0.418. The van der Waals surface area contributed by atoms with Crippen LogP contribution in [0.15, 0.2) is 0 Å². The van der Waals surface area contributed by atoms with Gasteiger partial charge in [-0.3, -0.25) is 19.2 Å². The van der Waals surface area contributed by atoms with Crippen LogP contribution in [0.25, 0.3) is 0 Å². The molecule has 0 unspecified atom stereocenters. The first kappa shape index (κ1) is 21.3. The van der Waals surface area contributed by atoms with Crippen LogP contribution in [0.4, 0.5) is 0 Å². The molecule has 0 fully saturated rings. The number of hydrogen-bond acceptors (Lipinski definition) is 7. The largest absolute Gasteiger partial charge is 0.476 e. The van der Waals surface area contributed by atoms with E-state index in [4.69, 9.17) is 26.3 Å². The van der Waals surface area contributed by atoms with E-state index in [1.54, 1.807) is 0 Å². The van der Waals surface area contributed by atoms with Crippen molar-refractivity contribution in [1.29, 1.82) is 0 Å². The molecule has 9 nitrogen and oxygen atoms in total. The standard InChI is InChI=1S/C6H7ClO5.C2H2O3.H2O/c1-3(8)11-6(5(7)10)12-4(2)9;3-1-2(4)5;/h6H,1-2H3;1H,(H,4,5);1H2. The number of ether oxygens (including phenoxy) is 2. The van der Waals surface area contributed by atoms with Gasteiger partial charge in [0.25, 0.3) is 0 Å². The number of aliphatic carboxylic acids is 1. The van der Waals surface area contributed by atoms with Crippen LogP contribution in [0.2, 0.25) is 0 Å². The van der Waals surface area contributed by atoms with Crippen LogP contribution in [0, 0.1) is 0 Å². The van der Waals surface area contributed by atoms with Crippen LogP contribution in [0.1, 0.15) is 13.8 Å². The molecule has 0 rings (SSSR count). The molecule has 0 saturated carbocycles. The van der Waals surface area contributed by atoms with Crippen molar-refractivity contribution in [2.75, 3.05) is 0 Å². The van der Waals surface area contributed by atoms with Gasteiger partial charge >= 0.3 is 29.4 Å². The molecule has 0 atom stereocenters. The lowest BCUT2D eigenvalue weighted by Crippen LogP contribution is -2.27. The maximum absolute atomic E-state index is 10.4. The number of aldehydes is 1. The molecule has 0 aliphatic carbocycles. The molecular formula is C8H11ClO9. The molecule has 0 heterocycles. The van der Waals surface area contributed by atoms with E-state index in [0.29, 0.717) is 0 Å². The molecule has 0 spiro atoms. The van der Waals surface area contributed by atoms with Crippen molar-refractivity contribution in [3.63, 3.8) is 0 Å². The Kier molecular flexibility index (Phi) is 13.6. The summed E-state index contributed by atoms with van der Waals surface area (Å²) in [5.74, 6) is -2.93. The van der Waals surface area contributed by atoms with E-state index >= 15 is 0 Å². The molecule has 0 saturated heterocycles. The SMILES string of the molecule is CC(=O)OC(OC(C)=O)C(=O)Cl.O.O=CC(=O)O. The summed E-state index contributed by atoms with van der Waals surface area (Å²) in [6.45, 7) is 2.13. The van der Waals surface area contributed by atoms with Gasteiger partial charge in [0.2, 0.25) is 6.29 Å². The number of carboxylic acids is 1. The van der Waals surface area contributed by atoms with Gasteiger partial charge in [-0.25, -0.2) is 4.79 Å². The molecule has 3 N–H and O–H groups in total. The lowest BCUT2D eigenvalue weighted by atomic mass is 10.6. The van der Waals surface area contributed by atoms with Crippen molar-refractivity contribution in [2.45, 2.75) is 20.1 Å². The highest BCUT2D eigenvalue weighted by atomic mass is 35.5. The van der Waals surface area contributed by atoms with Gasteiger partial charge < -0.3 is 20.1 Å². The molecular weight excluding hydrogens is 276 g/mol. The molecule has 0 aromatic carbocycles. The van der Waals surface area contributed by atoms with Gasteiger partial charge in [0.15, 0.2) is 0 Å². The zero-order chi connectivity index (χ0) is 14.0. The number of carbonyl (C=O) groups is 5. The molecule has 0 radical (unpaired) electrons. The number of halogens is 1. The van der Waals surface area contributed by atoms with E-state index < -0.39 is 29.4 Å². The number of rotatable bonds is 4. The highest BCUT2D eigenvalue weighted by Gasteiger charge is 2.22. The van der Waals surface area contributed by atoms with E-state index in [9.17, 15) is 14.4 Å². The smallest absolute Gasteiger partial charge is 0.368 e. The molecule has 10 heteroatoms. The number of hydrogen-bond donors (Lipinski definition) is 1. The van der Waals surface area contributed by atoms with Gasteiger partial charge in [-0.05, 0) is 11.6 Å². The molecule has 0 aromatic heterocycles. The molecule has 18 heavy (non-hydrogen) atoms. The maximum Gasteiger partial charge on any atom is 0.368 e. The van der Waals surface area contributed by atoms with Crippen molar-refractivity contribution >= 4 is 41.0 Å². The van der Waals surface area contributed by atoms with Crippen molar-refractivity contribution in [1.82, 2.24) is 0 Å². The van der Waals surface area contributed by atoms with Crippen LogP contribution >= 0.6 is 11.6 Å². The Morgan fingerprint density at radius 1 is 1.11 bits per heavy atom. The second-order valence-corrected chi connectivity index (χ2v) is 2.68. The average Bonchev–Trinajstić information content (AvgIpc) is 2.16. The summed E-state index contributed by atoms with van der Waals surface area (Å²) >= 11 is 4.94. The van der Waals surface area contributed by atoms with Crippen LogP contribution in [-0.2, 0) is 33.4 Å². The van der Waals surface area contributed by atoms with E-state index in [1.807, 2.05) is 0 Å². The first-order valence-electron chi connectivity index (χ1n) is 3.92. The zero-order valence-electron chi connectivity index (χ0n) is 9.34. The fourth-order valence-corrected chi connectivity index (χ4v) is 0.507. The summed E-state index contributed by atoms with van der Waals surface area (Å²) in [5.41, 5.74) is 0. The molecule has 104 valence electrons. The van der Waals surface area contributed by atoms with Gasteiger partial charge in [-0.1, -0.05) is 0 Å². The monoisotopic (exact) mass is 286 g/mol. The van der Waals surface area contributed by atoms with Gasteiger partial charge in [0.1, 0.15) is 0 Å². The van der Waals surface area contributed by atoms with Gasteiger partial charge in [0, 0.05) is 13.8 Å². The Bertz CT molecular complexity index is 309. The molecule has 0 aliphatic heterocycles. The third-order valence-electron chi connectivity index (χ3n) is 0.832. The van der Waals surface area contributed by atoms with Crippen LogP contribution in [0.5, 0.6) is 0 Å². The second-order valence-electron chi connectivity index (χ2n) is 2.31. The minimum atomic E-state index is -1.64. The topological polar surface area (TPSA) is 156 Å². The normalized spacial score (nSPS) is 8.00. The minimum Gasteiger partial charge on any atom is -0.476 e. The molecule has 0 aromatic rings. The van der Waals surface area contributed by atoms with Crippen LogP contribution in [-0.4, -0.2) is 46.3 Å². The number of esters is 2. The zero-order valence-corrected chi connectivity index (χ0v) is 10.1. The number of carboxylic acid groups (broad SMARTS) is 1. The van der Waals surface area contributed by atoms with Crippen molar-refractivity contribution in [3.8, 4) is 0 Å². The lowest BCUT2D eigenvalue weighted by Gasteiger charge is -2.11. The second kappa shape index (κ2) is 11.5. The van der Waals surface area contributed by atoms with Crippen molar-refractivity contribution < 1.29 is 44.0 Å². The molecule has 0 aliphatic rings. The third-order valence-corrected chi connectivity index (χ3v) is 1.01. The van der Waals surface area contributed by atoms with Gasteiger partial charge in [-0.2, -0.15) is 0 Å². The maximum atomic E-state index is 10.4. The molecule has 0 bridgehead atoms. The first-order chi connectivity index (χ1) is 7.70. The van der Waals surface area contributed by atoms with Crippen molar-refractivity contribution in [2.24, 2.45) is 0 Å². The summed E-state index contributed by atoms with van der Waals surface area (Å²) in [6.07, 6.45) is -1.80. The predicted molar refractivity (Wildman–Crippen MR) is 55.5 cm³/mol. The summed E-state index contributed by atoms with van der Waals surface area (Å²) < 4.78 is 8.52. The summed E-state index contributed by atoms with van der Waals surface area (Å²) in [7, 11) is 0.